The summed E-state index contributed by atoms with van der Waals surface area (Å²) in [5.41, 5.74) is -0.624. The Balaban J connectivity index is 1.92. The van der Waals surface area contributed by atoms with Gasteiger partial charge in [-0.2, -0.15) is 0 Å². The highest BCUT2D eigenvalue weighted by molar-refractivity contribution is 5.78. The van der Waals surface area contributed by atoms with Crippen molar-refractivity contribution in [3.05, 3.63) is 32.3 Å². The molecule has 0 bridgehead atoms. The predicted octanol–water partition coefficient (Wildman–Crippen LogP) is -0.594. The molecule has 0 unspecified atom stereocenters. The number of rotatable bonds is 5. The maximum absolute atomic E-state index is 12.2. The number of hydrogen-bond acceptors (Lipinski definition) is 4. The number of nitrogens with one attached hydrogen (secondary N) is 2. The maximum atomic E-state index is 12.2. The fourth-order valence-corrected chi connectivity index (χ4v) is 2.73. The molecule has 2 rings (SSSR count). The molecule has 7 heteroatoms. The zero-order valence-corrected chi connectivity index (χ0v) is 12.5. The fraction of sp³-hybridized carbons (Fsp3) is 0.643. The van der Waals surface area contributed by atoms with Crippen LogP contribution in [0.4, 0.5) is 0 Å². The molecule has 0 aliphatic carbocycles. The molecule has 1 atom stereocenters. The zero-order valence-electron chi connectivity index (χ0n) is 12.5. The van der Waals surface area contributed by atoms with E-state index in [1.807, 2.05) is 0 Å². The summed E-state index contributed by atoms with van der Waals surface area (Å²) in [6.45, 7) is 5.96. The summed E-state index contributed by atoms with van der Waals surface area (Å²) in [4.78, 5) is 38.9. The quantitative estimate of drug-likeness (QED) is 0.759. The summed E-state index contributed by atoms with van der Waals surface area (Å²) < 4.78 is 0. The Morgan fingerprint density at radius 1 is 1.43 bits per heavy atom. The van der Waals surface area contributed by atoms with Crippen molar-refractivity contribution in [2.24, 2.45) is 5.92 Å². The van der Waals surface area contributed by atoms with Gasteiger partial charge in [0.15, 0.2) is 0 Å². The zero-order chi connectivity index (χ0) is 15.4. The smallest absolute Gasteiger partial charge is 0.266 e. The summed E-state index contributed by atoms with van der Waals surface area (Å²) in [7, 11) is 1.75. The molecule has 1 aromatic heterocycles. The summed E-state index contributed by atoms with van der Waals surface area (Å²) in [5.74, 6) is 0.345. The molecule has 0 spiro atoms. The molecule has 1 amide bonds. The van der Waals surface area contributed by atoms with E-state index in [4.69, 9.17) is 0 Å². The minimum Gasteiger partial charge on any atom is -0.345 e. The number of aromatic amines is 2. The molecule has 1 aliphatic heterocycles. The van der Waals surface area contributed by atoms with E-state index in [0.717, 1.165) is 26.1 Å². The van der Waals surface area contributed by atoms with Crippen molar-refractivity contribution in [2.45, 2.75) is 19.8 Å². The van der Waals surface area contributed by atoms with Crippen molar-refractivity contribution in [3.8, 4) is 0 Å². The Labute approximate surface area is 122 Å². The van der Waals surface area contributed by atoms with E-state index in [0.29, 0.717) is 12.5 Å². The molecule has 2 N–H and O–H groups in total. The third-order valence-electron chi connectivity index (χ3n) is 4.01. The summed E-state index contributed by atoms with van der Waals surface area (Å²) in [6.07, 6.45) is 1.05. The minimum absolute atomic E-state index is 0.0417. The Hall–Kier alpha value is -1.89. The highest BCUT2D eigenvalue weighted by Crippen LogP contribution is 2.16. The number of carbonyl (C=O) groups excluding carboxylic acids is 1. The fourth-order valence-electron chi connectivity index (χ4n) is 2.73. The standard InChI is InChI=1S/C14H22N4O3/c1-3-18-5-4-10(9-18)8-17(2)13(20)7-11-6-12(19)15-16-14(11)21/h6,10H,3-5,7-9H2,1-2H3,(H,15,19)(H,16,21)/t10-/m0/s1. The number of hydrogen-bond donors (Lipinski definition) is 2. The third kappa shape index (κ3) is 4.04. The van der Waals surface area contributed by atoms with Crippen LogP contribution in [0.5, 0.6) is 0 Å². The number of carbonyl (C=O) groups is 1. The number of likely N-dealkylation sites (N-methyl/N-ethyl adjacent to an activating group) is 1. The van der Waals surface area contributed by atoms with Crippen LogP contribution in [0.2, 0.25) is 0 Å². The van der Waals surface area contributed by atoms with Crippen LogP contribution in [-0.2, 0) is 11.2 Å². The van der Waals surface area contributed by atoms with Gasteiger partial charge in [-0.3, -0.25) is 24.6 Å². The average molecular weight is 294 g/mol. The van der Waals surface area contributed by atoms with E-state index in [1.54, 1.807) is 11.9 Å². The van der Waals surface area contributed by atoms with Crippen molar-refractivity contribution in [1.29, 1.82) is 0 Å². The van der Waals surface area contributed by atoms with Crippen molar-refractivity contribution >= 4 is 5.91 Å². The minimum atomic E-state index is -0.422. The summed E-state index contributed by atoms with van der Waals surface area (Å²) >= 11 is 0. The second-order valence-corrected chi connectivity index (χ2v) is 5.61. The number of amides is 1. The molecule has 116 valence electrons. The molecular formula is C14H22N4O3. The topological polar surface area (TPSA) is 89.3 Å². The van der Waals surface area contributed by atoms with Crippen LogP contribution >= 0.6 is 0 Å². The van der Waals surface area contributed by atoms with E-state index < -0.39 is 11.1 Å². The molecule has 1 aromatic rings. The lowest BCUT2D eigenvalue weighted by Crippen LogP contribution is -2.35. The normalized spacial score (nSPS) is 18.9. The largest absolute Gasteiger partial charge is 0.345 e. The molecule has 21 heavy (non-hydrogen) atoms. The van der Waals surface area contributed by atoms with Gasteiger partial charge in [-0.15, -0.1) is 0 Å². The van der Waals surface area contributed by atoms with E-state index >= 15 is 0 Å². The van der Waals surface area contributed by atoms with Crippen molar-refractivity contribution < 1.29 is 4.79 Å². The van der Waals surface area contributed by atoms with Gasteiger partial charge in [0.2, 0.25) is 5.91 Å². The third-order valence-corrected chi connectivity index (χ3v) is 4.01. The Bertz CT molecular complexity index is 607. The van der Waals surface area contributed by atoms with Gasteiger partial charge in [0.1, 0.15) is 0 Å². The van der Waals surface area contributed by atoms with Gasteiger partial charge in [0.25, 0.3) is 11.1 Å². The average Bonchev–Trinajstić information content (AvgIpc) is 2.90. The first-order valence-corrected chi connectivity index (χ1v) is 7.26. The Kier molecular flexibility index (Phi) is 4.95. The van der Waals surface area contributed by atoms with E-state index in [-0.39, 0.29) is 17.9 Å². The number of H-pyrrole nitrogens is 2. The molecule has 0 aromatic carbocycles. The number of aromatic nitrogens is 2. The molecule has 1 saturated heterocycles. The SMILES string of the molecule is CCN1CC[C@@H](CN(C)C(=O)Cc2cc(=O)[nH][nH]c2=O)C1. The first-order chi connectivity index (χ1) is 9.99. The van der Waals surface area contributed by atoms with Crippen LogP contribution in [0.3, 0.4) is 0 Å². The summed E-state index contributed by atoms with van der Waals surface area (Å²) in [6, 6.07) is 1.18. The first kappa shape index (κ1) is 15.5. The molecule has 7 nitrogen and oxygen atoms in total. The molecular weight excluding hydrogens is 272 g/mol. The van der Waals surface area contributed by atoms with Crippen LogP contribution in [0, 0.1) is 5.92 Å². The van der Waals surface area contributed by atoms with Crippen LogP contribution in [0.1, 0.15) is 18.9 Å². The van der Waals surface area contributed by atoms with Gasteiger partial charge in [0, 0.05) is 31.8 Å². The van der Waals surface area contributed by atoms with E-state index in [9.17, 15) is 14.4 Å². The monoisotopic (exact) mass is 294 g/mol. The van der Waals surface area contributed by atoms with Gasteiger partial charge in [-0.05, 0) is 25.4 Å². The number of nitrogens with zero attached hydrogens (tertiary/aromatic N) is 2. The highest BCUT2D eigenvalue weighted by atomic mass is 16.2. The van der Waals surface area contributed by atoms with E-state index in [2.05, 4.69) is 22.0 Å². The van der Waals surface area contributed by atoms with Gasteiger partial charge in [-0.25, -0.2) is 0 Å². The second kappa shape index (κ2) is 6.71. The van der Waals surface area contributed by atoms with Crippen LogP contribution < -0.4 is 11.1 Å². The molecule has 0 saturated carbocycles. The van der Waals surface area contributed by atoms with Gasteiger partial charge >= 0.3 is 0 Å². The lowest BCUT2D eigenvalue weighted by molar-refractivity contribution is -0.129. The second-order valence-electron chi connectivity index (χ2n) is 5.61. The Morgan fingerprint density at radius 2 is 2.19 bits per heavy atom. The maximum Gasteiger partial charge on any atom is 0.266 e. The van der Waals surface area contributed by atoms with Crippen LogP contribution in [-0.4, -0.2) is 59.1 Å². The summed E-state index contributed by atoms with van der Waals surface area (Å²) in [5, 5.41) is 4.42. The molecule has 1 fully saturated rings. The van der Waals surface area contributed by atoms with Gasteiger partial charge < -0.3 is 9.80 Å². The van der Waals surface area contributed by atoms with Crippen LogP contribution in [0.25, 0.3) is 0 Å². The lowest BCUT2D eigenvalue weighted by Gasteiger charge is -2.21. The van der Waals surface area contributed by atoms with Gasteiger partial charge in [-0.1, -0.05) is 6.92 Å². The van der Waals surface area contributed by atoms with Gasteiger partial charge in [0.05, 0.1) is 6.42 Å². The molecule has 0 radical (unpaired) electrons. The highest BCUT2D eigenvalue weighted by Gasteiger charge is 2.24. The number of likely N-dealkylation sites (tertiary alicyclic amines) is 1. The first-order valence-electron chi connectivity index (χ1n) is 7.26. The van der Waals surface area contributed by atoms with Crippen molar-refractivity contribution in [2.75, 3.05) is 33.2 Å². The molecule has 1 aliphatic rings. The Morgan fingerprint density at radius 3 is 2.86 bits per heavy atom. The molecule has 2 heterocycles. The van der Waals surface area contributed by atoms with Crippen molar-refractivity contribution in [3.63, 3.8) is 0 Å². The van der Waals surface area contributed by atoms with Crippen LogP contribution in [0.15, 0.2) is 15.7 Å². The lowest BCUT2D eigenvalue weighted by atomic mass is 10.1. The van der Waals surface area contributed by atoms with E-state index in [1.165, 1.54) is 6.07 Å². The van der Waals surface area contributed by atoms with Crippen molar-refractivity contribution in [1.82, 2.24) is 20.0 Å². The predicted molar refractivity (Wildman–Crippen MR) is 79.2 cm³/mol.